The molecular formula is C13H21NO5. The summed E-state index contributed by atoms with van der Waals surface area (Å²) in [5.74, 6) is -1.16. The van der Waals surface area contributed by atoms with E-state index in [2.05, 4.69) is 0 Å². The zero-order valence-electron chi connectivity index (χ0n) is 11.7. The van der Waals surface area contributed by atoms with Crippen LogP contribution in [-0.2, 0) is 23.9 Å². The van der Waals surface area contributed by atoms with Crippen LogP contribution in [0, 0.1) is 0 Å². The van der Waals surface area contributed by atoms with Gasteiger partial charge in [-0.1, -0.05) is 0 Å². The summed E-state index contributed by atoms with van der Waals surface area (Å²) in [5, 5.41) is 0. The van der Waals surface area contributed by atoms with E-state index in [0.29, 0.717) is 6.61 Å². The van der Waals surface area contributed by atoms with Crippen LogP contribution in [0.5, 0.6) is 0 Å². The Morgan fingerprint density at radius 2 is 1.58 bits per heavy atom. The molecule has 1 amide bonds. The van der Waals surface area contributed by atoms with E-state index >= 15 is 0 Å². The van der Waals surface area contributed by atoms with Gasteiger partial charge in [0.15, 0.2) is 0 Å². The molecule has 0 radical (unpaired) electrons. The first-order chi connectivity index (χ1) is 8.95. The number of nitrogens with zero attached hydrogens (tertiary/aromatic N) is 1. The van der Waals surface area contributed by atoms with Crippen molar-refractivity contribution in [1.82, 2.24) is 4.90 Å². The molecule has 0 unspecified atom stereocenters. The number of esters is 2. The molecule has 0 atom stereocenters. The minimum atomic E-state index is -0.536. The second kappa shape index (κ2) is 6.54. The van der Waals surface area contributed by atoms with Crippen LogP contribution < -0.4 is 0 Å². The lowest BCUT2D eigenvalue weighted by Crippen LogP contribution is -2.41. The highest BCUT2D eigenvalue weighted by Gasteiger charge is 2.50. The summed E-state index contributed by atoms with van der Waals surface area (Å²) in [6.07, 6.45) is 1.43. The maximum absolute atomic E-state index is 11.9. The summed E-state index contributed by atoms with van der Waals surface area (Å²) in [4.78, 5) is 36.2. The molecule has 6 nitrogen and oxygen atoms in total. The van der Waals surface area contributed by atoms with Crippen LogP contribution in [0.25, 0.3) is 0 Å². The van der Waals surface area contributed by atoms with Crippen molar-refractivity contribution in [3.8, 4) is 0 Å². The Hall–Kier alpha value is -1.59. The summed E-state index contributed by atoms with van der Waals surface area (Å²) in [6, 6.07) is 0. The number of carbonyl (C=O) groups is 3. The highest BCUT2D eigenvalue weighted by Crippen LogP contribution is 2.44. The Balaban J connectivity index is 2.51. The summed E-state index contributed by atoms with van der Waals surface area (Å²) >= 11 is 0. The fourth-order valence-electron chi connectivity index (χ4n) is 1.97. The second-order valence-electron chi connectivity index (χ2n) is 4.64. The Morgan fingerprint density at radius 1 is 1.05 bits per heavy atom. The van der Waals surface area contributed by atoms with Crippen molar-refractivity contribution in [2.75, 3.05) is 20.3 Å². The first-order valence-corrected chi connectivity index (χ1v) is 6.53. The average Bonchev–Trinajstić information content (AvgIpc) is 3.09. The molecule has 19 heavy (non-hydrogen) atoms. The highest BCUT2D eigenvalue weighted by atomic mass is 16.5. The normalized spacial score (nSPS) is 15.5. The van der Waals surface area contributed by atoms with Gasteiger partial charge in [-0.05, 0) is 26.7 Å². The Kier molecular flexibility index (Phi) is 5.32. The van der Waals surface area contributed by atoms with Gasteiger partial charge in [-0.15, -0.1) is 0 Å². The minimum absolute atomic E-state index is 0.186. The van der Waals surface area contributed by atoms with Crippen LogP contribution in [0.3, 0.4) is 0 Å². The van der Waals surface area contributed by atoms with Gasteiger partial charge in [-0.25, -0.2) is 0 Å². The maximum atomic E-state index is 11.9. The summed E-state index contributed by atoms with van der Waals surface area (Å²) in [5.41, 5.74) is -0.462. The van der Waals surface area contributed by atoms with E-state index in [0.717, 1.165) is 12.8 Å². The molecule has 1 saturated carbocycles. The van der Waals surface area contributed by atoms with Crippen LogP contribution >= 0.6 is 0 Å². The third-order valence-corrected chi connectivity index (χ3v) is 3.29. The fraction of sp³-hybridized carbons (Fsp3) is 0.769. The molecule has 1 aliphatic carbocycles. The highest BCUT2D eigenvalue weighted by molar-refractivity contribution is 5.95. The lowest BCUT2D eigenvalue weighted by molar-refractivity contribution is -0.150. The van der Waals surface area contributed by atoms with Crippen molar-refractivity contribution in [2.45, 2.75) is 45.1 Å². The molecule has 0 aromatic heterocycles. The van der Waals surface area contributed by atoms with Gasteiger partial charge in [-0.3, -0.25) is 14.4 Å². The van der Waals surface area contributed by atoms with Crippen molar-refractivity contribution in [3.05, 3.63) is 0 Å². The molecule has 6 heteroatoms. The lowest BCUT2D eigenvalue weighted by atomic mass is 10.1. The van der Waals surface area contributed by atoms with Crippen LogP contribution in [0.15, 0.2) is 0 Å². The molecule has 0 bridgehead atoms. The van der Waals surface area contributed by atoms with Crippen molar-refractivity contribution in [2.24, 2.45) is 0 Å². The second-order valence-corrected chi connectivity index (χ2v) is 4.64. The first-order valence-electron chi connectivity index (χ1n) is 6.53. The molecule has 108 valence electrons. The zero-order chi connectivity index (χ0) is 14.5. The van der Waals surface area contributed by atoms with E-state index in [1.54, 1.807) is 20.9 Å². The van der Waals surface area contributed by atoms with Crippen molar-refractivity contribution >= 4 is 17.8 Å². The van der Waals surface area contributed by atoms with Gasteiger partial charge in [0.25, 0.3) is 0 Å². The van der Waals surface area contributed by atoms with E-state index < -0.39 is 11.5 Å². The van der Waals surface area contributed by atoms with Gasteiger partial charge in [0.05, 0.1) is 25.2 Å². The van der Waals surface area contributed by atoms with Crippen LogP contribution in [0.1, 0.15) is 39.5 Å². The van der Waals surface area contributed by atoms with Crippen molar-refractivity contribution in [1.29, 1.82) is 0 Å². The number of rotatable bonds is 7. The average molecular weight is 271 g/mol. The molecule has 0 heterocycles. The standard InChI is InChI=1S/C13H21NO5/c1-4-18-11(16)8-10(15)14(3)13(6-7-13)9-12(17)19-5-2/h4-9H2,1-3H3. The summed E-state index contributed by atoms with van der Waals surface area (Å²) in [6.45, 7) is 4.02. The molecule has 0 spiro atoms. The lowest BCUT2D eigenvalue weighted by Gasteiger charge is -2.27. The van der Waals surface area contributed by atoms with E-state index in [9.17, 15) is 14.4 Å². The molecule has 0 aromatic carbocycles. The first kappa shape index (κ1) is 15.5. The predicted molar refractivity (Wildman–Crippen MR) is 67.2 cm³/mol. The Labute approximate surface area is 113 Å². The molecule has 0 aliphatic heterocycles. The number of hydrogen-bond acceptors (Lipinski definition) is 5. The van der Waals surface area contributed by atoms with E-state index in [4.69, 9.17) is 9.47 Å². The van der Waals surface area contributed by atoms with Gasteiger partial charge >= 0.3 is 11.9 Å². The molecule has 0 aromatic rings. The van der Waals surface area contributed by atoms with Crippen molar-refractivity contribution in [3.63, 3.8) is 0 Å². The van der Waals surface area contributed by atoms with E-state index in [1.165, 1.54) is 4.90 Å². The largest absolute Gasteiger partial charge is 0.466 e. The van der Waals surface area contributed by atoms with Crippen molar-refractivity contribution < 1.29 is 23.9 Å². The van der Waals surface area contributed by atoms with Gasteiger partial charge < -0.3 is 14.4 Å². The predicted octanol–water partition coefficient (Wildman–Crippen LogP) is 0.884. The fourth-order valence-corrected chi connectivity index (χ4v) is 1.97. The monoisotopic (exact) mass is 271 g/mol. The molecule has 1 rings (SSSR count). The Bertz CT molecular complexity index is 362. The smallest absolute Gasteiger partial charge is 0.315 e. The number of carbonyl (C=O) groups excluding carboxylic acids is 3. The molecule has 1 aliphatic rings. The van der Waals surface area contributed by atoms with Crippen LogP contribution in [0.2, 0.25) is 0 Å². The quantitative estimate of drug-likeness (QED) is 0.508. The van der Waals surface area contributed by atoms with Crippen LogP contribution in [0.4, 0.5) is 0 Å². The molecule has 1 fully saturated rings. The Morgan fingerprint density at radius 3 is 2.05 bits per heavy atom. The topological polar surface area (TPSA) is 72.9 Å². The number of hydrogen-bond donors (Lipinski definition) is 0. The number of amides is 1. The van der Waals surface area contributed by atoms with Gasteiger partial charge in [0.1, 0.15) is 6.42 Å². The minimum Gasteiger partial charge on any atom is -0.466 e. The molecular weight excluding hydrogens is 250 g/mol. The molecule has 0 N–H and O–H groups in total. The van der Waals surface area contributed by atoms with Gasteiger partial charge in [0.2, 0.25) is 5.91 Å². The van der Waals surface area contributed by atoms with Gasteiger partial charge in [0, 0.05) is 7.05 Å². The SMILES string of the molecule is CCOC(=O)CC(=O)N(C)C1(CC(=O)OCC)CC1. The summed E-state index contributed by atoms with van der Waals surface area (Å²) in [7, 11) is 1.62. The third kappa shape index (κ3) is 4.22. The van der Waals surface area contributed by atoms with Gasteiger partial charge in [-0.2, -0.15) is 0 Å². The maximum Gasteiger partial charge on any atom is 0.315 e. The van der Waals surface area contributed by atoms with Crippen LogP contribution in [-0.4, -0.2) is 48.5 Å². The third-order valence-electron chi connectivity index (χ3n) is 3.29. The zero-order valence-corrected chi connectivity index (χ0v) is 11.7. The summed E-state index contributed by atoms with van der Waals surface area (Å²) < 4.78 is 9.64. The van der Waals surface area contributed by atoms with E-state index in [1.807, 2.05) is 0 Å². The number of ether oxygens (including phenoxy) is 2. The van der Waals surface area contributed by atoms with E-state index in [-0.39, 0.29) is 31.3 Å². The molecule has 0 saturated heterocycles.